The van der Waals surface area contributed by atoms with Crippen molar-refractivity contribution in [2.45, 2.75) is 76.5 Å². The van der Waals surface area contributed by atoms with E-state index < -0.39 is 52.2 Å². The third-order valence-electron chi connectivity index (χ3n) is 6.51. The molecule has 3 rings (SSSR count). The Morgan fingerprint density at radius 2 is 1.49 bits per heavy atom. The van der Waals surface area contributed by atoms with Crippen molar-refractivity contribution in [2.24, 2.45) is 0 Å². The number of rotatable bonds is 2. The summed E-state index contributed by atoms with van der Waals surface area (Å²) in [4.78, 5) is 67.1. The second kappa shape index (κ2) is 9.67. The molecule has 2 heterocycles. The smallest absolute Gasteiger partial charge is 0.249 e. The number of carbonyl (C=O) groups excluding carboxylic acids is 5. The molecule has 35 heavy (non-hydrogen) atoms. The number of carbonyl (C=O) groups is 5. The topological polar surface area (TPSA) is 137 Å². The van der Waals surface area contributed by atoms with E-state index in [0.29, 0.717) is 19.4 Å². The highest BCUT2D eigenvalue weighted by atomic mass is 16.2. The standard InChI is InChI=1S/C25H35N5O5/c1-23(2)20(33)26-15-18(31)27-25(5,14-16-10-7-6-8-11-16)22(35)30-13-9-12-17(30)19(32)28-24(3,4)21(34)29-23/h6-8,10-11,17H,9,12-15H2,1-5H3,(H,26,33)(H,27,31)(H,28,32)(H,29,34)/t17-,25+/m0/s1. The zero-order valence-electron chi connectivity index (χ0n) is 21.0. The van der Waals surface area contributed by atoms with Gasteiger partial charge in [-0.2, -0.15) is 0 Å². The minimum atomic E-state index is -1.36. The van der Waals surface area contributed by atoms with Crippen LogP contribution in [0.3, 0.4) is 0 Å². The van der Waals surface area contributed by atoms with Gasteiger partial charge in [0.2, 0.25) is 29.5 Å². The normalized spacial score (nSPS) is 27.5. The molecule has 2 aliphatic heterocycles. The highest BCUT2D eigenvalue weighted by Gasteiger charge is 2.46. The number of nitrogens with one attached hydrogen (secondary N) is 4. The van der Waals surface area contributed by atoms with Crippen molar-refractivity contribution in [2.75, 3.05) is 13.1 Å². The van der Waals surface area contributed by atoms with Gasteiger partial charge in [-0.05, 0) is 53.0 Å². The van der Waals surface area contributed by atoms with Gasteiger partial charge in [0.25, 0.3) is 0 Å². The van der Waals surface area contributed by atoms with E-state index >= 15 is 0 Å². The minimum absolute atomic E-state index is 0.203. The summed E-state index contributed by atoms with van der Waals surface area (Å²) >= 11 is 0. The SMILES string of the molecule is CC1(C)NC(=O)[C@@H]2CCCN2C(=O)[C@@](C)(Cc2ccccc2)NC(=O)CNC(=O)C(C)(C)NC1=O. The third-order valence-corrected chi connectivity index (χ3v) is 6.51. The molecule has 1 aromatic carbocycles. The maximum atomic E-state index is 13.8. The fraction of sp³-hybridized carbons (Fsp3) is 0.560. The van der Waals surface area contributed by atoms with E-state index in [1.807, 2.05) is 30.3 Å². The lowest BCUT2D eigenvalue weighted by Gasteiger charge is -2.37. The summed E-state index contributed by atoms with van der Waals surface area (Å²) in [7, 11) is 0. The van der Waals surface area contributed by atoms with Gasteiger partial charge in [-0.1, -0.05) is 30.3 Å². The zero-order valence-corrected chi connectivity index (χ0v) is 21.0. The molecule has 0 spiro atoms. The van der Waals surface area contributed by atoms with Gasteiger partial charge in [-0.3, -0.25) is 24.0 Å². The third kappa shape index (κ3) is 5.80. The molecule has 2 fully saturated rings. The number of amides is 5. The van der Waals surface area contributed by atoms with Gasteiger partial charge in [-0.15, -0.1) is 0 Å². The summed E-state index contributed by atoms with van der Waals surface area (Å²) < 4.78 is 0. The first-order valence-corrected chi connectivity index (χ1v) is 11.8. The molecule has 10 nitrogen and oxygen atoms in total. The molecular formula is C25H35N5O5. The Kier molecular flexibility index (Phi) is 7.23. The Bertz CT molecular complexity index is 1020. The number of hydrogen-bond donors (Lipinski definition) is 4. The molecule has 10 heteroatoms. The molecule has 2 aliphatic rings. The fourth-order valence-electron chi connectivity index (χ4n) is 4.46. The minimum Gasteiger partial charge on any atom is -0.345 e. The molecule has 4 N–H and O–H groups in total. The summed E-state index contributed by atoms with van der Waals surface area (Å²) in [5, 5.41) is 10.7. The number of hydrogen-bond acceptors (Lipinski definition) is 5. The fourth-order valence-corrected chi connectivity index (χ4v) is 4.46. The van der Waals surface area contributed by atoms with Crippen molar-refractivity contribution < 1.29 is 24.0 Å². The molecule has 2 atom stereocenters. The largest absolute Gasteiger partial charge is 0.345 e. The highest BCUT2D eigenvalue weighted by Crippen LogP contribution is 2.25. The second-order valence-corrected chi connectivity index (χ2v) is 10.6. The van der Waals surface area contributed by atoms with Crippen LogP contribution in [-0.4, -0.2) is 70.2 Å². The van der Waals surface area contributed by atoms with E-state index in [9.17, 15) is 24.0 Å². The van der Waals surface area contributed by atoms with Crippen LogP contribution in [-0.2, 0) is 30.4 Å². The first kappa shape index (κ1) is 26.2. The van der Waals surface area contributed by atoms with Crippen LogP contribution >= 0.6 is 0 Å². The van der Waals surface area contributed by atoms with Crippen LogP contribution in [0.4, 0.5) is 0 Å². The highest BCUT2D eigenvalue weighted by molar-refractivity contribution is 6.00. The summed E-state index contributed by atoms with van der Waals surface area (Å²) in [6.07, 6.45) is 1.26. The van der Waals surface area contributed by atoms with Gasteiger partial charge in [0.15, 0.2) is 0 Å². The van der Waals surface area contributed by atoms with Crippen LogP contribution in [0, 0.1) is 0 Å². The zero-order chi connectivity index (χ0) is 26.0. The van der Waals surface area contributed by atoms with Crippen LogP contribution in [0.15, 0.2) is 30.3 Å². The molecule has 0 bridgehead atoms. The first-order valence-electron chi connectivity index (χ1n) is 11.8. The molecule has 5 amide bonds. The summed E-state index contributed by atoms with van der Waals surface area (Å²) in [5.41, 5.74) is -3.20. The lowest BCUT2D eigenvalue weighted by Crippen LogP contribution is -2.64. The summed E-state index contributed by atoms with van der Waals surface area (Å²) in [6, 6.07) is 8.49. The molecule has 1 aromatic rings. The van der Waals surface area contributed by atoms with Gasteiger partial charge in [-0.25, -0.2) is 0 Å². The maximum Gasteiger partial charge on any atom is 0.249 e. The lowest BCUT2D eigenvalue weighted by molar-refractivity contribution is -0.146. The molecule has 2 saturated heterocycles. The molecule has 0 aliphatic carbocycles. The van der Waals surface area contributed by atoms with Crippen molar-refractivity contribution >= 4 is 29.5 Å². The Morgan fingerprint density at radius 1 is 0.857 bits per heavy atom. The Labute approximate surface area is 205 Å². The first-order chi connectivity index (χ1) is 16.2. The van der Waals surface area contributed by atoms with Gasteiger partial charge < -0.3 is 26.2 Å². The van der Waals surface area contributed by atoms with Crippen molar-refractivity contribution in [1.82, 2.24) is 26.2 Å². The Morgan fingerprint density at radius 3 is 2.14 bits per heavy atom. The second-order valence-electron chi connectivity index (χ2n) is 10.6. The maximum absolute atomic E-state index is 13.8. The van der Waals surface area contributed by atoms with Gasteiger partial charge in [0, 0.05) is 13.0 Å². The van der Waals surface area contributed by atoms with E-state index in [1.54, 1.807) is 6.92 Å². The van der Waals surface area contributed by atoms with Crippen molar-refractivity contribution in [1.29, 1.82) is 0 Å². The number of benzene rings is 1. The van der Waals surface area contributed by atoms with Gasteiger partial charge in [0.1, 0.15) is 22.7 Å². The van der Waals surface area contributed by atoms with Crippen LogP contribution in [0.5, 0.6) is 0 Å². The van der Waals surface area contributed by atoms with E-state index in [2.05, 4.69) is 21.3 Å². The Hall–Kier alpha value is -3.43. The lowest BCUT2D eigenvalue weighted by atomic mass is 9.90. The van der Waals surface area contributed by atoms with Crippen LogP contribution in [0.25, 0.3) is 0 Å². The van der Waals surface area contributed by atoms with E-state index in [0.717, 1.165) is 5.56 Å². The van der Waals surface area contributed by atoms with E-state index in [4.69, 9.17) is 0 Å². The summed E-state index contributed by atoms with van der Waals surface area (Å²) in [5.74, 6) is -2.54. The molecule has 0 radical (unpaired) electrons. The van der Waals surface area contributed by atoms with E-state index in [-0.39, 0.29) is 13.0 Å². The van der Waals surface area contributed by atoms with Crippen molar-refractivity contribution in [3.8, 4) is 0 Å². The molecule has 190 valence electrons. The number of nitrogens with zero attached hydrogens (tertiary/aromatic N) is 1. The summed E-state index contributed by atoms with van der Waals surface area (Å²) in [6.45, 7) is 7.71. The van der Waals surface area contributed by atoms with Gasteiger partial charge >= 0.3 is 0 Å². The molecule has 0 saturated carbocycles. The predicted molar refractivity (Wildman–Crippen MR) is 129 cm³/mol. The van der Waals surface area contributed by atoms with E-state index in [1.165, 1.54) is 32.6 Å². The Balaban J connectivity index is 2.00. The van der Waals surface area contributed by atoms with Gasteiger partial charge in [0.05, 0.1) is 6.54 Å². The quantitative estimate of drug-likeness (QED) is 0.468. The predicted octanol–water partition coefficient (Wildman–Crippen LogP) is 0.0144. The monoisotopic (exact) mass is 485 g/mol. The molecular weight excluding hydrogens is 450 g/mol. The average Bonchev–Trinajstić information content (AvgIpc) is 3.26. The van der Waals surface area contributed by atoms with Crippen LogP contribution in [0.1, 0.15) is 53.0 Å². The van der Waals surface area contributed by atoms with Crippen molar-refractivity contribution in [3.05, 3.63) is 35.9 Å². The molecule has 0 unspecified atom stereocenters. The number of fused-ring (bicyclic) bond motifs is 1. The molecule has 0 aromatic heterocycles. The van der Waals surface area contributed by atoms with Crippen LogP contribution in [0.2, 0.25) is 0 Å². The average molecular weight is 486 g/mol. The van der Waals surface area contributed by atoms with Crippen LogP contribution < -0.4 is 21.3 Å². The van der Waals surface area contributed by atoms with Crippen molar-refractivity contribution in [3.63, 3.8) is 0 Å².